The van der Waals surface area contributed by atoms with Crippen LogP contribution in [0.5, 0.6) is 0 Å². The first-order valence-electron chi connectivity index (χ1n) is 6.22. The Balaban J connectivity index is 2.13. The monoisotopic (exact) mass is 274 g/mol. The van der Waals surface area contributed by atoms with E-state index in [0.29, 0.717) is 12.2 Å². The summed E-state index contributed by atoms with van der Waals surface area (Å²) in [5.74, 6) is -0.832. The molecule has 20 heavy (non-hydrogen) atoms. The predicted molar refractivity (Wildman–Crippen MR) is 76.3 cm³/mol. The van der Waals surface area contributed by atoms with Crippen LogP contribution in [0.2, 0.25) is 0 Å². The normalized spacial score (nSPS) is 10.3. The number of rotatable bonds is 4. The minimum absolute atomic E-state index is 0.512. The van der Waals surface area contributed by atoms with E-state index in [0.717, 1.165) is 11.6 Å². The highest BCUT2D eigenvalue weighted by Crippen LogP contribution is 2.22. The van der Waals surface area contributed by atoms with Gasteiger partial charge in [0.25, 0.3) is 0 Å². The van der Waals surface area contributed by atoms with E-state index in [1.165, 1.54) is 23.3 Å². The Morgan fingerprint density at radius 3 is 2.65 bits per heavy atom. The molecule has 2 aromatic rings. The average Bonchev–Trinajstić information content (AvgIpc) is 2.40. The second-order valence-corrected chi connectivity index (χ2v) is 4.64. The number of halogens is 1. The number of nitro groups is 1. The van der Waals surface area contributed by atoms with Gasteiger partial charge in [0.15, 0.2) is 0 Å². The van der Waals surface area contributed by atoms with E-state index in [-0.39, 0.29) is 0 Å². The van der Waals surface area contributed by atoms with Crippen LogP contribution in [-0.2, 0) is 6.54 Å². The number of anilines is 1. The van der Waals surface area contributed by atoms with Gasteiger partial charge in [-0.25, -0.2) is 0 Å². The van der Waals surface area contributed by atoms with Gasteiger partial charge in [0.2, 0.25) is 5.82 Å². The van der Waals surface area contributed by atoms with E-state index < -0.39 is 16.4 Å². The van der Waals surface area contributed by atoms with E-state index in [9.17, 15) is 14.5 Å². The molecule has 0 aromatic heterocycles. The molecule has 0 bridgehead atoms. The van der Waals surface area contributed by atoms with E-state index in [1.54, 1.807) is 0 Å². The van der Waals surface area contributed by atoms with Crippen LogP contribution in [0.1, 0.15) is 16.7 Å². The Kier molecular flexibility index (Phi) is 3.98. The maximum atomic E-state index is 13.5. The average molecular weight is 274 g/mol. The first kappa shape index (κ1) is 14.0. The van der Waals surface area contributed by atoms with Gasteiger partial charge in [0, 0.05) is 24.4 Å². The first-order chi connectivity index (χ1) is 9.49. The quantitative estimate of drug-likeness (QED) is 0.678. The zero-order chi connectivity index (χ0) is 14.7. The number of benzene rings is 2. The molecule has 0 aliphatic carbocycles. The van der Waals surface area contributed by atoms with E-state index in [2.05, 4.69) is 5.32 Å². The van der Waals surface area contributed by atoms with Crippen molar-refractivity contribution in [1.82, 2.24) is 0 Å². The van der Waals surface area contributed by atoms with Crippen LogP contribution < -0.4 is 5.32 Å². The molecular weight excluding hydrogens is 259 g/mol. The number of nitrogens with zero attached hydrogens (tertiary/aromatic N) is 1. The summed E-state index contributed by atoms with van der Waals surface area (Å²) in [6, 6.07) is 9.81. The van der Waals surface area contributed by atoms with Crippen LogP contribution in [0.15, 0.2) is 36.4 Å². The van der Waals surface area contributed by atoms with Gasteiger partial charge in [0.1, 0.15) is 0 Å². The van der Waals surface area contributed by atoms with Crippen molar-refractivity contribution < 1.29 is 9.31 Å². The van der Waals surface area contributed by atoms with Gasteiger partial charge in [-0.2, -0.15) is 4.39 Å². The lowest BCUT2D eigenvalue weighted by molar-refractivity contribution is -0.387. The van der Waals surface area contributed by atoms with Crippen LogP contribution in [0.3, 0.4) is 0 Å². The van der Waals surface area contributed by atoms with Gasteiger partial charge < -0.3 is 5.32 Å². The molecule has 0 atom stereocenters. The molecule has 1 N–H and O–H groups in total. The molecule has 5 heteroatoms. The Labute approximate surface area is 116 Å². The minimum Gasteiger partial charge on any atom is -0.381 e. The Morgan fingerprint density at radius 1 is 1.25 bits per heavy atom. The molecule has 2 aromatic carbocycles. The van der Waals surface area contributed by atoms with Crippen LogP contribution in [0.4, 0.5) is 15.8 Å². The van der Waals surface area contributed by atoms with Crippen LogP contribution in [0.25, 0.3) is 0 Å². The second-order valence-electron chi connectivity index (χ2n) is 4.64. The number of aryl methyl sites for hydroxylation is 1. The SMILES string of the molecule is Cc1cccc(CNc2ccc([N+](=O)[O-])c(F)c2)c1C. The first-order valence-corrected chi connectivity index (χ1v) is 6.22. The summed E-state index contributed by atoms with van der Waals surface area (Å²) >= 11 is 0. The summed E-state index contributed by atoms with van der Waals surface area (Å²) in [4.78, 5) is 9.81. The Hall–Kier alpha value is -2.43. The molecule has 0 radical (unpaired) electrons. The van der Waals surface area contributed by atoms with E-state index in [1.807, 2.05) is 32.0 Å². The highest BCUT2D eigenvalue weighted by Gasteiger charge is 2.13. The van der Waals surface area contributed by atoms with E-state index in [4.69, 9.17) is 0 Å². The van der Waals surface area contributed by atoms with Crippen molar-refractivity contribution in [3.05, 3.63) is 69.0 Å². The maximum absolute atomic E-state index is 13.5. The molecule has 0 heterocycles. The summed E-state index contributed by atoms with van der Waals surface area (Å²) in [6.45, 7) is 4.61. The van der Waals surface area contributed by atoms with Crippen molar-refractivity contribution >= 4 is 11.4 Å². The summed E-state index contributed by atoms with van der Waals surface area (Å²) in [5, 5.41) is 13.6. The molecule has 104 valence electrons. The van der Waals surface area contributed by atoms with Gasteiger partial charge >= 0.3 is 5.69 Å². The van der Waals surface area contributed by atoms with Gasteiger partial charge in [0.05, 0.1) is 4.92 Å². The fourth-order valence-corrected chi connectivity index (χ4v) is 1.97. The smallest absolute Gasteiger partial charge is 0.304 e. The van der Waals surface area contributed by atoms with Crippen LogP contribution in [0, 0.1) is 29.8 Å². The molecule has 0 saturated carbocycles. The third-order valence-corrected chi connectivity index (χ3v) is 3.34. The lowest BCUT2D eigenvalue weighted by atomic mass is 10.0. The topological polar surface area (TPSA) is 55.2 Å². The third kappa shape index (κ3) is 2.93. The van der Waals surface area contributed by atoms with Gasteiger partial charge in [-0.3, -0.25) is 10.1 Å². The minimum atomic E-state index is -0.832. The van der Waals surface area contributed by atoms with Crippen molar-refractivity contribution in [2.45, 2.75) is 20.4 Å². The number of nitrogens with one attached hydrogen (secondary N) is 1. The molecule has 0 fully saturated rings. The molecule has 2 rings (SSSR count). The van der Waals surface area contributed by atoms with Gasteiger partial charge in [-0.15, -0.1) is 0 Å². The summed E-state index contributed by atoms with van der Waals surface area (Å²) < 4.78 is 13.5. The third-order valence-electron chi connectivity index (χ3n) is 3.34. The lowest BCUT2D eigenvalue weighted by Gasteiger charge is -2.11. The highest BCUT2D eigenvalue weighted by molar-refractivity contribution is 5.50. The largest absolute Gasteiger partial charge is 0.381 e. The molecule has 0 aliphatic rings. The number of hydrogen-bond acceptors (Lipinski definition) is 3. The lowest BCUT2D eigenvalue weighted by Crippen LogP contribution is -2.03. The van der Waals surface area contributed by atoms with Crippen molar-refractivity contribution in [1.29, 1.82) is 0 Å². The van der Waals surface area contributed by atoms with E-state index >= 15 is 0 Å². The summed E-state index contributed by atoms with van der Waals surface area (Å²) in [5.41, 5.74) is 3.50. The Morgan fingerprint density at radius 2 is 2.00 bits per heavy atom. The van der Waals surface area contributed by atoms with Crippen molar-refractivity contribution in [3.63, 3.8) is 0 Å². The fraction of sp³-hybridized carbons (Fsp3) is 0.200. The molecule has 0 amide bonds. The van der Waals surface area contributed by atoms with Gasteiger partial charge in [-0.05, 0) is 36.6 Å². The summed E-state index contributed by atoms with van der Waals surface area (Å²) in [6.07, 6.45) is 0. The standard InChI is InChI=1S/C15H15FN2O2/c1-10-4-3-5-12(11(10)2)9-17-13-6-7-15(18(19)20)14(16)8-13/h3-8,17H,9H2,1-2H3. The summed E-state index contributed by atoms with van der Waals surface area (Å²) in [7, 11) is 0. The van der Waals surface area contributed by atoms with Gasteiger partial charge in [-0.1, -0.05) is 18.2 Å². The molecule has 0 spiro atoms. The zero-order valence-corrected chi connectivity index (χ0v) is 11.3. The van der Waals surface area contributed by atoms with Crippen molar-refractivity contribution in [2.24, 2.45) is 0 Å². The fourth-order valence-electron chi connectivity index (χ4n) is 1.97. The number of hydrogen-bond donors (Lipinski definition) is 1. The zero-order valence-electron chi connectivity index (χ0n) is 11.3. The molecule has 0 saturated heterocycles. The Bertz CT molecular complexity index is 656. The molecular formula is C15H15FN2O2. The molecule has 0 aliphatic heterocycles. The van der Waals surface area contributed by atoms with Crippen molar-refractivity contribution in [3.8, 4) is 0 Å². The van der Waals surface area contributed by atoms with Crippen LogP contribution in [-0.4, -0.2) is 4.92 Å². The predicted octanol–water partition coefficient (Wildman–Crippen LogP) is 3.96. The number of nitro benzene ring substituents is 1. The molecule has 4 nitrogen and oxygen atoms in total. The van der Waals surface area contributed by atoms with Crippen LogP contribution >= 0.6 is 0 Å². The second kappa shape index (κ2) is 5.69. The highest BCUT2D eigenvalue weighted by atomic mass is 19.1. The molecule has 0 unspecified atom stereocenters. The van der Waals surface area contributed by atoms with Crippen molar-refractivity contribution in [2.75, 3.05) is 5.32 Å². The maximum Gasteiger partial charge on any atom is 0.304 e.